The van der Waals surface area contributed by atoms with Crippen molar-refractivity contribution in [3.8, 4) is 0 Å². The zero-order chi connectivity index (χ0) is 42.1. The minimum absolute atomic E-state index is 0.0646. The average molecular weight is 816 g/mol. The van der Waals surface area contributed by atoms with Crippen molar-refractivity contribution in [2.45, 2.75) is 309 Å². The molecule has 0 spiro atoms. The summed E-state index contributed by atoms with van der Waals surface area (Å²) in [6.45, 7) is 4.33. The van der Waals surface area contributed by atoms with Crippen LogP contribution >= 0.6 is 0 Å². The van der Waals surface area contributed by atoms with E-state index < -0.39 is 12.1 Å². The van der Waals surface area contributed by atoms with Crippen molar-refractivity contribution in [3.05, 3.63) is 24.3 Å². The summed E-state index contributed by atoms with van der Waals surface area (Å²) >= 11 is 0. The molecular formula is C54H105NO3. The summed E-state index contributed by atoms with van der Waals surface area (Å²) < 4.78 is 0. The molecule has 3 N–H and O–H groups in total. The number of nitrogens with one attached hydrogen (secondary N) is 1. The van der Waals surface area contributed by atoms with Gasteiger partial charge in [-0.15, -0.1) is 0 Å². The highest BCUT2D eigenvalue weighted by molar-refractivity contribution is 5.76. The Bertz CT molecular complexity index is 840. The van der Waals surface area contributed by atoms with Gasteiger partial charge >= 0.3 is 0 Å². The van der Waals surface area contributed by atoms with Crippen LogP contribution in [0.5, 0.6) is 0 Å². The molecule has 0 aromatic heterocycles. The van der Waals surface area contributed by atoms with Crippen LogP contribution in [0.15, 0.2) is 24.3 Å². The highest BCUT2D eigenvalue weighted by atomic mass is 16.3. The lowest BCUT2D eigenvalue weighted by Gasteiger charge is -2.20. The molecule has 2 unspecified atom stereocenters. The first-order chi connectivity index (χ1) is 28.7. The molecule has 0 aromatic carbocycles. The molecule has 0 heterocycles. The fourth-order valence-electron chi connectivity index (χ4n) is 8.35. The molecule has 0 saturated carbocycles. The number of hydrogen-bond donors (Lipinski definition) is 3. The van der Waals surface area contributed by atoms with E-state index >= 15 is 0 Å². The second kappa shape index (κ2) is 50.2. The molecule has 0 fully saturated rings. The molecular weight excluding hydrogens is 711 g/mol. The zero-order valence-corrected chi connectivity index (χ0v) is 39.6. The second-order valence-corrected chi connectivity index (χ2v) is 18.3. The third kappa shape index (κ3) is 45.9. The van der Waals surface area contributed by atoms with Crippen molar-refractivity contribution in [2.24, 2.45) is 0 Å². The molecule has 0 saturated heterocycles. The van der Waals surface area contributed by atoms with Gasteiger partial charge in [-0.25, -0.2) is 0 Å². The van der Waals surface area contributed by atoms with E-state index in [9.17, 15) is 15.0 Å². The molecule has 0 bridgehead atoms. The second-order valence-electron chi connectivity index (χ2n) is 18.3. The smallest absolute Gasteiger partial charge is 0.220 e. The number of carbonyl (C=O) groups excluding carboxylic acids is 1. The predicted octanol–water partition coefficient (Wildman–Crippen LogP) is 17.1. The summed E-state index contributed by atoms with van der Waals surface area (Å²) in [6, 6.07) is -0.623. The van der Waals surface area contributed by atoms with Gasteiger partial charge in [0, 0.05) is 6.42 Å². The first-order valence-corrected chi connectivity index (χ1v) is 26.6. The molecule has 58 heavy (non-hydrogen) atoms. The van der Waals surface area contributed by atoms with Gasteiger partial charge in [0.1, 0.15) is 0 Å². The molecule has 1 amide bonds. The molecule has 0 aliphatic rings. The molecule has 0 aliphatic heterocycles. The van der Waals surface area contributed by atoms with E-state index in [0.29, 0.717) is 6.42 Å². The Balaban J connectivity index is 3.47. The fourth-order valence-corrected chi connectivity index (χ4v) is 8.35. The maximum atomic E-state index is 12.4. The summed E-state index contributed by atoms with van der Waals surface area (Å²) in [5, 5.41) is 23.1. The molecule has 2 atom stereocenters. The first-order valence-electron chi connectivity index (χ1n) is 26.6. The van der Waals surface area contributed by atoms with Crippen molar-refractivity contribution in [1.82, 2.24) is 5.32 Å². The van der Waals surface area contributed by atoms with Crippen LogP contribution in [-0.2, 0) is 4.79 Å². The number of aliphatic hydroxyl groups is 2. The van der Waals surface area contributed by atoms with Crippen molar-refractivity contribution >= 4 is 5.91 Å². The van der Waals surface area contributed by atoms with E-state index in [0.717, 1.165) is 25.7 Å². The monoisotopic (exact) mass is 816 g/mol. The lowest BCUT2D eigenvalue weighted by molar-refractivity contribution is -0.123. The number of rotatable bonds is 49. The van der Waals surface area contributed by atoms with E-state index in [1.165, 1.54) is 250 Å². The van der Waals surface area contributed by atoms with Crippen LogP contribution in [0.1, 0.15) is 296 Å². The fraction of sp³-hybridized carbons (Fsp3) is 0.907. The van der Waals surface area contributed by atoms with Gasteiger partial charge < -0.3 is 15.5 Å². The zero-order valence-electron chi connectivity index (χ0n) is 39.6. The lowest BCUT2D eigenvalue weighted by atomic mass is 10.0. The Morgan fingerprint density at radius 3 is 0.948 bits per heavy atom. The number of carbonyl (C=O) groups is 1. The van der Waals surface area contributed by atoms with Crippen LogP contribution in [-0.4, -0.2) is 34.9 Å². The highest BCUT2D eigenvalue weighted by Gasteiger charge is 2.18. The maximum Gasteiger partial charge on any atom is 0.220 e. The molecule has 4 heteroatoms. The standard InChI is InChI=1S/C54H105NO3/c1-3-5-7-9-11-13-15-17-19-21-23-24-25-26-27-28-29-30-31-32-33-35-37-39-41-43-45-47-49-53(57)52(51-56)55-54(58)50-48-46-44-42-40-38-36-34-22-20-18-16-14-12-10-8-6-4-2/h20,22,47,49,52-53,56-57H,3-19,21,23-46,48,50-51H2,1-2H3,(H,55,58)/b22-20-,49-47+. The molecule has 4 nitrogen and oxygen atoms in total. The van der Waals surface area contributed by atoms with Crippen LogP contribution in [0, 0.1) is 0 Å². The topological polar surface area (TPSA) is 69.6 Å². The van der Waals surface area contributed by atoms with Gasteiger partial charge in [0.05, 0.1) is 18.8 Å². The third-order valence-electron chi connectivity index (χ3n) is 12.4. The number of aliphatic hydroxyl groups excluding tert-OH is 2. The summed E-state index contributed by atoms with van der Waals surface area (Å²) in [4.78, 5) is 12.4. The van der Waals surface area contributed by atoms with Crippen LogP contribution in [0.25, 0.3) is 0 Å². The molecule has 0 aliphatic carbocycles. The van der Waals surface area contributed by atoms with Gasteiger partial charge in [-0.1, -0.05) is 269 Å². The minimum atomic E-state index is -0.840. The largest absolute Gasteiger partial charge is 0.394 e. The summed E-state index contributed by atoms with van der Waals surface area (Å²) in [6.07, 6.45) is 66.1. The van der Waals surface area contributed by atoms with E-state index in [2.05, 4.69) is 31.3 Å². The lowest BCUT2D eigenvalue weighted by Crippen LogP contribution is -2.45. The van der Waals surface area contributed by atoms with Crippen LogP contribution < -0.4 is 5.32 Å². The van der Waals surface area contributed by atoms with Gasteiger partial charge in [-0.2, -0.15) is 0 Å². The quantitative estimate of drug-likeness (QED) is 0.0423. The molecule has 344 valence electrons. The van der Waals surface area contributed by atoms with E-state index in [4.69, 9.17) is 0 Å². The number of allylic oxidation sites excluding steroid dienone is 3. The van der Waals surface area contributed by atoms with Crippen LogP contribution in [0.3, 0.4) is 0 Å². The molecule has 0 aromatic rings. The maximum absolute atomic E-state index is 12.4. The molecule has 0 rings (SSSR count). The summed E-state index contributed by atoms with van der Waals surface area (Å²) in [5.41, 5.74) is 0. The highest BCUT2D eigenvalue weighted by Crippen LogP contribution is 2.17. The number of unbranched alkanes of at least 4 members (excludes halogenated alkanes) is 40. The van der Waals surface area contributed by atoms with E-state index in [1.807, 2.05) is 6.08 Å². The number of hydrogen-bond acceptors (Lipinski definition) is 3. The normalized spacial score (nSPS) is 13.0. The van der Waals surface area contributed by atoms with Crippen molar-refractivity contribution in [2.75, 3.05) is 6.61 Å². The SMILES string of the molecule is CCCCCCCCC/C=C\CCCCCCCCCC(=O)NC(CO)C(O)/C=C/CCCCCCCCCCCCCCCCCCCCCCCCCCCC. The van der Waals surface area contributed by atoms with Gasteiger partial charge in [0.15, 0.2) is 0 Å². The Morgan fingerprint density at radius 1 is 0.397 bits per heavy atom. The van der Waals surface area contributed by atoms with Gasteiger partial charge in [0.25, 0.3) is 0 Å². The summed E-state index contributed by atoms with van der Waals surface area (Å²) in [5.74, 6) is -0.0646. The van der Waals surface area contributed by atoms with E-state index in [-0.39, 0.29) is 12.5 Å². The Hall–Kier alpha value is -1.13. The van der Waals surface area contributed by atoms with Crippen LogP contribution in [0.4, 0.5) is 0 Å². The van der Waals surface area contributed by atoms with Gasteiger partial charge in [-0.3, -0.25) is 4.79 Å². The Morgan fingerprint density at radius 2 is 0.655 bits per heavy atom. The Kier molecular flexibility index (Phi) is 49.2. The van der Waals surface area contributed by atoms with Crippen molar-refractivity contribution in [1.29, 1.82) is 0 Å². The van der Waals surface area contributed by atoms with Gasteiger partial charge in [0.2, 0.25) is 5.91 Å². The van der Waals surface area contributed by atoms with Crippen molar-refractivity contribution in [3.63, 3.8) is 0 Å². The van der Waals surface area contributed by atoms with Crippen LogP contribution in [0.2, 0.25) is 0 Å². The van der Waals surface area contributed by atoms with Gasteiger partial charge in [-0.05, 0) is 44.9 Å². The summed E-state index contributed by atoms with van der Waals surface area (Å²) in [7, 11) is 0. The first kappa shape index (κ1) is 56.9. The minimum Gasteiger partial charge on any atom is -0.394 e. The number of amides is 1. The third-order valence-corrected chi connectivity index (χ3v) is 12.4. The predicted molar refractivity (Wildman–Crippen MR) is 258 cm³/mol. The average Bonchev–Trinajstić information content (AvgIpc) is 3.23. The van der Waals surface area contributed by atoms with E-state index in [1.54, 1.807) is 6.08 Å². The molecule has 0 radical (unpaired) electrons. The van der Waals surface area contributed by atoms with Crippen molar-refractivity contribution < 1.29 is 15.0 Å². The Labute approximate surface area is 364 Å².